The molecule has 2 unspecified atom stereocenters. The molecule has 0 bridgehead atoms. The summed E-state index contributed by atoms with van der Waals surface area (Å²) < 4.78 is 26.3. The standard InChI is InChI=1S/C11H19N3O2S/c1-9(8-12)17(15,16)14-10-3-6-13-11(7-10)4-2-5-11/h9-10,13-14H,2-7H2,1H3. The van der Waals surface area contributed by atoms with Crippen molar-refractivity contribution in [1.82, 2.24) is 10.0 Å². The first-order valence-electron chi connectivity index (χ1n) is 6.13. The SMILES string of the molecule is CC(C#N)S(=O)(=O)NC1CCNC2(CCC2)C1. The normalized spacial score (nSPS) is 29.3. The van der Waals surface area contributed by atoms with Crippen molar-refractivity contribution in [3.05, 3.63) is 0 Å². The molecule has 5 nitrogen and oxygen atoms in total. The molecular weight excluding hydrogens is 238 g/mol. The Morgan fingerprint density at radius 3 is 2.76 bits per heavy atom. The highest BCUT2D eigenvalue weighted by Gasteiger charge is 2.42. The van der Waals surface area contributed by atoms with Crippen LogP contribution in [0.15, 0.2) is 0 Å². The first kappa shape index (κ1) is 12.8. The highest BCUT2D eigenvalue weighted by atomic mass is 32.2. The van der Waals surface area contributed by atoms with Gasteiger partial charge in [0.05, 0.1) is 6.07 Å². The molecule has 1 aliphatic carbocycles. The largest absolute Gasteiger partial charge is 0.311 e. The van der Waals surface area contributed by atoms with Gasteiger partial charge in [-0.1, -0.05) is 0 Å². The zero-order valence-corrected chi connectivity index (χ0v) is 10.9. The summed E-state index contributed by atoms with van der Waals surface area (Å²) in [6.45, 7) is 2.27. The minimum Gasteiger partial charge on any atom is -0.311 e. The van der Waals surface area contributed by atoms with E-state index in [0.717, 1.165) is 32.2 Å². The van der Waals surface area contributed by atoms with Gasteiger partial charge in [-0.3, -0.25) is 0 Å². The maximum Gasteiger partial charge on any atom is 0.227 e. The second-order valence-electron chi connectivity index (χ2n) is 5.18. The molecule has 1 saturated carbocycles. The molecule has 2 fully saturated rings. The Morgan fingerprint density at radius 2 is 2.24 bits per heavy atom. The van der Waals surface area contributed by atoms with Crippen LogP contribution >= 0.6 is 0 Å². The molecule has 1 heterocycles. The maximum atomic E-state index is 11.8. The Kier molecular flexibility index (Phi) is 3.43. The van der Waals surface area contributed by atoms with Gasteiger partial charge in [0.1, 0.15) is 0 Å². The first-order valence-corrected chi connectivity index (χ1v) is 7.68. The molecule has 2 aliphatic rings. The van der Waals surface area contributed by atoms with Crippen molar-refractivity contribution in [2.24, 2.45) is 0 Å². The van der Waals surface area contributed by atoms with E-state index in [1.54, 1.807) is 6.07 Å². The maximum absolute atomic E-state index is 11.8. The summed E-state index contributed by atoms with van der Waals surface area (Å²) in [6, 6.07) is 1.76. The summed E-state index contributed by atoms with van der Waals surface area (Å²) >= 11 is 0. The number of nitriles is 1. The monoisotopic (exact) mass is 257 g/mol. The van der Waals surface area contributed by atoms with Crippen molar-refractivity contribution in [3.8, 4) is 6.07 Å². The lowest BCUT2D eigenvalue weighted by molar-refractivity contribution is 0.126. The number of hydrogen-bond donors (Lipinski definition) is 2. The Balaban J connectivity index is 1.98. The summed E-state index contributed by atoms with van der Waals surface area (Å²) in [6.07, 6.45) is 5.16. The van der Waals surface area contributed by atoms with Crippen LogP contribution in [-0.4, -0.2) is 31.8 Å². The van der Waals surface area contributed by atoms with E-state index in [2.05, 4.69) is 10.0 Å². The molecular formula is C11H19N3O2S. The van der Waals surface area contributed by atoms with Crippen LogP contribution in [0.3, 0.4) is 0 Å². The quantitative estimate of drug-likeness (QED) is 0.771. The van der Waals surface area contributed by atoms with Crippen LogP contribution < -0.4 is 10.0 Å². The van der Waals surface area contributed by atoms with E-state index < -0.39 is 15.3 Å². The molecule has 1 saturated heterocycles. The lowest BCUT2D eigenvalue weighted by atomic mass is 9.70. The third kappa shape index (κ3) is 2.62. The number of nitrogens with one attached hydrogen (secondary N) is 2. The van der Waals surface area contributed by atoms with E-state index in [1.807, 2.05) is 0 Å². The fourth-order valence-electron chi connectivity index (χ4n) is 2.65. The van der Waals surface area contributed by atoms with Crippen LogP contribution in [0.5, 0.6) is 0 Å². The second-order valence-corrected chi connectivity index (χ2v) is 7.22. The molecule has 0 aromatic carbocycles. The summed E-state index contributed by atoms with van der Waals surface area (Å²) in [5.41, 5.74) is 0.168. The van der Waals surface area contributed by atoms with Crippen LogP contribution in [-0.2, 0) is 10.0 Å². The van der Waals surface area contributed by atoms with E-state index in [0.29, 0.717) is 0 Å². The number of piperidine rings is 1. The minimum absolute atomic E-state index is 0.0163. The third-order valence-electron chi connectivity index (χ3n) is 3.92. The van der Waals surface area contributed by atoms with E-state index >= 15 is 0 Å². The summed E-state index contributed by atoms with van der Waals surface area (Å²) in [5.74, 6) is 0. The van der Waals surface area contributed by atoms with Crippen molar-refractivity contribution >= 4 is 10.0 Å². The van der Waals surface area contributed by atoms with Crippen LogP contribution in [0.2, 0.25) is 0 Å². The molecule has 1 aliphatic heterocycles. The van der Waals surface area contributed by atoms with E-state index in [9.17, 15) is 8.42 Å². The highest BCUT2D eigenvalue weighted by molar-refractivity contribution is 7.90. The predicted octanol–water partition coefficient (Wildman–Crippen LogP) is 0.493. The smallest absolute Gasteiger partial charge is 0.227 e. The molecule has 1 spiro atoms. The van der Waals surface area contributed by atoms with Gasteiger partial charge < -0.3 is 5.32 Å². The van der Waals surface area contributed by atoms with Gasteiger partial charge in [0.2, 0.25) is 10.0 Å². The van der Waals surface area contributed by atoms with Gasteiger partial charge in [-0.05, 0) is 45.6 Å². The molecule has 6 heteroatoms. The molecule has 96 valence electrons. The molecule has 0 radical (unpaired) electrons. The van der Waals surface area contributed by atoms with Crippen molar-refractivity contribution < 1.29 is 8.42 Å². The highest BCUT2D eigenvalue weighted by Crippen LogP contribution is 2.38. The van der Waals surface area contributed by atoms with Gasteiger partial charge >= 0.3 is 0 Å². The van der Waals surface area contributed by atoms with Crippen LogP contribution in [0.25, 0.3) is 0 Å². The fraction of sp³-hybridized carbons (Fsp3) is 0.909. The Hall–Kier alpha value is -0.640. The summed E-state index contributed by atoms with van der Waals surface area (Å²) in [4.78, 5) is 0. The molecule has 2 atom stereocenters. The number of hydrogen-bond acceptors (Lipinski definition) is 4. The lowest BCUT2D eigenvalue weighted by Gasteiger charge is -2.48. The van der Waals surface area contributed by atoms with Crippen molar-refractivity contribution in [3.63, 3.8) is 0 Å². The van der Waals surface area contributed by atoms with Crippen LogP contribution in [0.1, 0.15) is 39.0 Å². The van der Waals surface area contributed by atoms with Crippen LogP contribution in [0, 0.1) is 11.3 Å². The topological polar surface area (TPSA) is 82.0 Å². The first-order chi connectivity index (χ1) is 7.97. The third-order valence-corrected chi connectivity index (χ3v) is 5.62. The van der Waals surface area contributed by atoms with Gasteiger partial charge in [0.15, 0.2) is 5.25 Å². The van der Waals surface area contributed by atoms with Gasteiger partial charge in [-0.15, -0.1) is 0 Å². The molecule has 0 amide bonds. The van der Waals surface area contributed by atoms with Gasteiger partial charge in [0, 0.05) is 11.6 Å². The molecule has 2 rings (SSSR count). The molecule has 17 heavy (non-hydrogen) atoms. The summed E-state index contributed by atoms with van der Waals surface area (Å²) in [5, 5.41) is 11.2. The van der Waals surface area contributed by atoms with Crippen molar-refractivity contribution in [2.45, 2.75) is 55.9 Å². The molecule has 2 N–H and O–H groups in total. The summed E-state index contributed by atoms with van der Waals surface area (Å²) in [7, 11) is -3.48. The number of nitrogens with zero attached hydrogens (tertiary/aromatic N) is 1. The van der Waals surface area contributed by atoms with E-state index in [1.165, 1.54) is 13.3 Å². The molecule has 0 aromatic rings. The average molecular weight is 257 g/mol. The van der Waals surface area contributed by atoms with E-state index in [-0.39, 0.29) is 11.6 Å². The van der Waals surface area contributed by atoms with Gasteiger partial charge in [-0.25, -0.2) is 13.1 Å². The Morgan fingerprint density at radius 1 is 1.53 bits per heavy atom. The molecule has 0 aromatic heterocycles. The second kappa shape index (κ2) is 4.56. The number of rotatable bonds is 3. The Bertz CT molecular complexity index is 422. The minimum atomic E-state index is -3.48. The van der Waals surface area contributed by atoms with E-state index in [4.69, 9.17) is 5.26 Å². The van der Waals surface area contributed by atoms with Crippen LogP contribution in [0.4, 0.5) is 0 Å². The number of sulfonamides is 1. The predicted molar refractivity (Wildman–Crippen MR) is 64.7 cm³/mol. The van der Waals surface area contributed by atoms with Crippen molar-refractivity contribution in [1.29, 1.82) is 5.26 Å². The zero-order valence-electron chi connectivity index (χ0n) is 10.1. The zero-order chi connectivity index (χ0) is 12.5. The van der Waals surface area contributed by atoms with Crippen molar-refractivity contribution in [2.75, 3.05) is 6.54 Å². The fourth-order valence-corrected chi connectivity index (χ4v) is 3.65. The lowest BCUT2D eigenvalue weighted by Crippen LogP contribution is -2.60. The Labute approximate surface area is 103 Å². The van der Waals surface area contributed by atoms with Gasteiger partial charge in [-0.2, -0.15) is 5.26 Å². The average Bonchev–Trinajstić information content (AvgIpc) is 2.25. The van der Waals surface area contributed by atoms with Gasteiger partial charge in [0.25, 0.3) is 0 Å².